The molecule has 0 saturated heterocycles. The Kier molecular flexibility index (Phi) is 5.86. The van der Waals surface area contributed by atoms with Crippen molar-refractivity contribution in [3.63, 3.8) is 0 Å². The van der Waals surface area contributed by atoms with Gasteiger partial charge in [0.05, 0.1) is 23.9 Å². The predicted octanol–water partition coefficient (Wildman–Crippen LogP) is 3.69. The summed E-state index contributed by atoms with van der Waals surface area (Å²) in [5, 5.41) is 6.90. The van der Waals surface area contributed by atoms with Gasteiger partial charge < -0.3 is 14.6 Å². The molecular formula is C21H23N3O3. The van der Waals surface area contributed by atoms with E-state index in [1.165, 1.54) is 0 Å². The molecule has 3 rings (SSSR count). The molecule has 0 spiro atoms. The fourth-order valence-corrected chi connectivity index (χ4v) is 2.81. The zero-order valence-electron chi connectivity index (χ0n) is 15.7. The van der Waals surface area contributed by atoms with Gasteiger partial charge in [0.2, 0.25) is 5.91 Å². The van der Waals surface area contributed by atoms with Crippen molar-refractivity contribution in [2.45, 2.75) is 39.8 Å². The van der Waals surface area contributed by atoms with E-state index < -0.39 is 0 Å². The van der Waals surface area contributed by atoms with Gasteiger partial charge in [0.1, 0.15) is 18.1 Å². The number of aromatic nitrogens is 2. The third-order valence-corrected chi connectivity index (χ3v) is 4.37. The molecule has 1 unspecified atom stereocenters. The first-order chi connectivity index (χ1) is 13.0. The Morgan fingerprint density at radius 3 is 2.78 bits per heavy atom. The van der Waals surface area contributed by atoms with Crippen LogP contribution in [0, 0.1) is 13.8 Å². The second-order valence-corrected chi connectivity index (χ2v) is 6.45. The first-order valence-electron chi connectivity index (χ1n) is 8.86. The number of carbonyl (C=O) groups is 1. The lowest BCUT2D eigenvalue weighted by molar-refractivity contribution is -0.121. The van der Waals surface area contributed by atoms with Gasteiger partial charge in [0.15, 0.2) is 0 Å². The van der Waals surface area contributed by atoms with Gasteiger partial charge in [-0.2, -0.15) is 0 Å². The maximum Gasteiger partial charge on any atom is 0.225 e. The predicted molar refractivity (Wildman–Crippen MR) is 101 cm³/mol. The van der Waals surface area contributed by atoms with E-state index in [2.05, 4.69) is 15.5 Å². The SMILES string of the molecule is Cc1noc(C)c1CC(=O)NC(C)c1cccc(OCc2ccccn2)c1. The molecule has 6 heteroatoms. The van der Waals surface area contributed by atoms with Crippen LogP contribution in [-0.2, 0) is 17.8 Å². The molecule has 1 amide bonds. The lowest BCUT2D eigenvalue weighted by Crippen LogP contribution is -2.28. The average Bonchev–Trinajstić information content (AvgIpc) is 2.99. The standard InChI is InChI=1S/C21H23N3O3/c1-14(23-21(25)12-20-15(2)24-27-16(20)3)17-7-6-9-19(11-17)26-13-18-8-4-5-10-22-18/h4-11,14H,12-13H2,1-3H3,(H,23,25). The Labute approximate surface area is 158 Å². The van der Waals surface area contributed by atoms with Crippen molar-refractivity contribution in [2.75, 3.05) is 0 Å². The smallest absolute Gasteiger partial charge is 0.225 e. The van der Waals surface area contributed by atoms with Crippen LogP contribution in [0.5, 0.6) is 5.75 Å². The first kappa shape index (κ1) is 18.6. The van der Waals surface area contributed by atoms with Gasteiger partial charge in [-0.25, -0.2) is 0 Å². The van der Waals surface area contributed by atoms with Crippen LogP contribution in [0.2, 0.25) is 0 Å². The molecule has 1 atom stereocenters. The molecule has 0 radical (unpaired) electrons. The number of hydrogen-bond donors (Lipinski definition) is 1. The Hall–Kier alpha value is -3.15. The molecule has 1 N–H and O–H groups in total. The van der Waals surface area contributed by atoms with Crippen LogP contribution in [0.1, 0.15) is 41.2 Å². The maximum atomic E-state index is 12.4. The van der Waals surface area contributed by atoms with Crippen molar-refractivity contribution in [3.05, 3.63) is 76.9 Å². The summed E-state index contributed by atoms with van der Waals surface area (Å²) in [5.74, 6) is 1.35. The highest BCUT2D eigenvalue weighted by atomic mass is 16.5. The van der Waals surface area contributed by atoms with Crippen LogP contribution < -0.4 is 10.1 Å². The highest BCUT2D eigenvalue weighted by Gasteiger charge is 2.16. The molecule has 0 aliphatic rings. The molecular weight excluding hydrogens is 342 g/mol. The number of ether oxygens (including phenoxy) is 1. The molecule has 0 aliphatic heterocycles. The molecule has 140 valence electrons. The van der Waals surface area contributed by atoms with Crippen LogP contribution in [0.3, 0.4) is 0 Å². The summed E-state index contributed by atoms with van der Waals surface area (Å²) < 4.78 is 10.9. The third-order valence-electron chi connectivity index (χ3n) is 4.37. The Balaban J connectivity index is 1.59. The highest BCUT2D eigenvalue weighted by molar-refractivity contribution is 5.79. The Morgan fingerprint density at radius 1 is 1.22 bits per heavy atom. The fourth-order valence-electron chi connectivity index (χ4n) is 2.81. The minimum atomic E-state index is -0.142. The van der Waals surface area contributed by atoms with Gasteiger partial charge in [0.25, 0.3) is 0 Å². The summed E-state index contributed by atoms with van der Waals surface area (Å²) in [6.45, 7) is 6.00. The zero-order valence-corrected chi connectivity index (χ0v) is 15.7. The molecule has 0 saturated carbocycles. The Bertz CT molecular complexity index is 887. The summed E-state index contributed by atoms with van der Waals surface area (Å²) in [7, 11) is 0. The molecule has 27 heavy (non-hydrogen) atoms. The minimum Gasteiger partial charge on any atom is -0.487 e. The van der Waals surface area contributed by atoms with Crippen LogP contribution in [0.25, 0.3) is 0 Å². The van der Waals surface area contributed by atoms with Gasteiger partial charge in [-0.1, -0.05) is 23.4 Å². The number of pyridine rings is 1. The van der Waals surface area contributed by atoms with Gasteiger partial charge in [-0.3, -0.25) is 9.78 Å². The van der Waals surface area contributed by atoms with Gasteiger partial charge >= 0.3 is 0 Å². The van der Waals surface area contributed by atoms with E-state index in [1.54, 1.807) is 6.20 Å². The second kappa shape index (κ2) is 8.49. The highest BCUT2D eigenvalue weighted by Crippen LogP contribution is 2.20. The molecule has 1 aromatic carbocycles. The summed E-state index contributed by atoms with van der Waals surface area (Å²) >= 11 is 0. The quantitative estimate of drug-likeness (QED) is 0.691. The molecule has 0 bridgehead atoms. The number of rotatable bonds is 7. The number of nitrogens with zero attached hydrogens (tertiary/aromatic N) is 2. The maximum absolute atomic E-state index is 12.4. The normalized spacial score (nSPS) is 11.8. The van der Waals surface area contributed by atoms with Crippen molar-refractivity contribution in [1.82, 2.24) is 15.5 Å². The number of aryl methyl sites for hydroxylation is 2. The average molecular weight is 365 g/mol. The number of nitrogens with one attached hydrogen (secondary N) is 1. The van der Waals surface area contributed by atoms with Gasteiger partial charge in [-0.15, -0.1) is 0 Å². The molecule has 2 aromatic heterocycles. The topological polar surface area (TPSA) is 77.2 Å². The monoisotopic (exact) mass is 365 g/mol. The fraction of sp³-hybridized carbons (Fsp3) is 0.286. The van der Waals surface area contributed by atoms with Crippen LogP contribution in [0.4, 0.5) is 0 Å². The number of hydrogen-bond acceptors (Lipinski definition) is 5. The van der Waals surface area contributed by atoms with E-state index in [1.807, 2.05) is 63.2 Å². The third kappa shape index (κ3) is 4.94. The summed E-state index contributed by atoms with van der Waals surface area (Å²) in [6, 6.07) is 13.3. The van der Waals surface area contributed by atoms with E-state index in [9.17, 15) is 4.79 Å². The van der Waals surface area contributed by atoms with Crippen molar-refractivity contribution in [2.24, 2.45) is 0 Å². The summed E-state index contributed by atoms with van der Waals surface area (Å²) in [5.41, 5.74) is 3.43. The van der Waals surface area contributed by atoms with Gasteiger partial charge in [-0.05, 0) is 50.6 Å². The van der Waals surface area contributed by atoms with Crippen molar-refractivity contribution >= 4 is 5.91 Å². The van der Waals surface area contributed by atoms with E-state index >= 15 is 0 Å². The lowest BCUT2D eigenvalue weighted by Gasteiger charge is -2.15. The molecule has 3 aromatic rings. The van der Waals surface area contributed by atoms with Crippen molar-refractivity contribution in [3.8, 4) is 5.75 Å². The van der Waals surface area contributed by atoms with E-state index in [0.29, 0.717) is 12.4 Å². The van der Waals surface area contributed by atoms with Crippen molar-refractivity contribution in [1.29, 1.82) is 0 Å². The van der Waals surface area contributed by atoms with Gasteiger partial charge in [0, 0.05) is 11.8 Å². The Morgan fingerprint density at radius 2 is 2.07 bits per heavy atom. The van der Waals surface area contributed by atoms with E-state index in [4.69, 9.17) is 9.26 Å². The largest absolute Gasteiger partial charge is 0.487 e. The molecule has 6 nitrogen and oxygen atoms in total. The van der Waals surface area contributed by atoms with E-state index in [-0.39, 0.29) is 18.4 Å². The van der Waals surface area contributed by atoms with Crippen molar-refractivity contribution < 1.29 is 14.1 Å². The van der Waals surface area contributed by atoms with E-state index in [0.717, 1.165) is 28.3 Å². The number of carbonyl (C=O) groups excluding carboxylic acids is 1. The van der Waals surface area contributed by atoms with Crippen LogP contribution in [0.15, 0.2) is 53.2 Å². The minimum absolute atomic E-state index is 0.0725. The lowest BCUT2D eigenvalue weighted by atomic mass is 10.1. The molecule has 2 heterocycles. The van der Waals surface area contributed by atoms with Crippen LogP contribution in [-0.4, -0.2) is 16.0 Å². The number of benzene rings is 1. The summed E-state index contributed by atoms with van der Waals surface area (Å²) in [6.07, 6.45) is 1.99. The molecule has 0 aliphatic carbocycles. The first-order valence-corrected chi connectivity index (χ1v) is 8.86. The summed E-state index contributed by atoms with van der Waals surface area (Å²) in [4.78, 5) is 16.6. The molecule has 0 fully saturated rings. The number of amides is 1. The zero-order chi connectivity index (χ0) is 19.2. The van der Waals surface area contributed by atoms with Crippen LogP contribution >= 0.6 is 0 Å². The second-order valence-electron chi connectivity index (χ2n) is 6.45.